The van der Waals surface area contributed by atoms with Crippen LogP contribution in [0.2, 0.25) is 0 Å². The van der Waals surface area contributed by atoms with E-state index >= 15 is 0 Å². The molecule has 3 aromatic heterocycles. The molecular weight excluding hydrogens is 350 g/mol. The number of thioether (sulfide) groups is 1. The van der Waals surface area contributed by atoms with E-state index in [-0.39, 0.29) is 12.3 Å². The summed E-state index contributed by atoms with van der Waals surface area (Å²) in [7, 11) is 3.84. The maximum Gasteiger partial charge on any atom is 0.253 e. The van der Waals surface area contributed by atoms with Crippen LogP contribution in [0, 0.1) is 13.8 Å². The van der Waals surface area contributed by atoms with Crippen LogP contribution in [0.5, 0.6) is 0 Å². The molecule has 26 heavy (non-hydrogen) atoms. The van der Waals surface area contributed by atoms with Crippen molar-refractivity contribution in [3.8, 4) is 0 Å². The van der Waals surface area contributed by atoms with E-state index in [1.807, 2.05) is 51.2 Å². The summed E-state index contributed by atoms with van der Waals surface area (Å²) in [5.74, 6) is 1.26. The summed E-state index contributed by atoms with van der Waals surface area (Å²) >= 11 is 1.46. The van der Waals surface area contributed by atoms with Gasteiger partial charge in [0, 0.05) is 31.0 Å². The molecule has 8 nitrogen and oxygen atoms in total. The molecule has 1 amide bonds. The fourth-order valence-corrected chi connectivity index (χ4v) is 2.96. The number of nitrogens with one attached hydrogen (secondary N) is 1. The van der Waals surface area contributed by atoms with Crippen molar-refractivity contribution in [1.29, 1.82) is 0 Å². The molecule has 0 atom stereocenters. The van der Waals surface area contributed by atoms with Gasteiger partial charge in [-0.25, -0.2) is 14.5 Å². The second-order valence-corrected chi connectivity index (χ2v) is 6.87. The number of hydrogen-bond donors (Lipinski definition) is 1. The standard InChI is InChI=1S/C17H21N7OS/c1-10-13(11(2)24-16(19-10)21-17(22-24)26-5)8-15(25)20-12-6-7-14(18-9-12)23(3)4/h6-7,9H,8H2,1-5H3,(H,20,25). The van der Waals surface area contributed by atoms with E-state index < -0.39 is 0 Å². The van der Waals surface area contributed by atoms with Gasteiger partial charge in [-0.05, 0) is 32.2 Å². The number of pyridine rings is 1. The third-order valence-electron chi connectivity index (χ3n) is 4.04. The first-order valence-electron chi connectivity index (χ1n) is 8.09. The Labute approximate surface area is 156 Å². The summed E-state index contributed by atoms with van der Waals surface area (Å²) in [4.78, 5) is 27.5. The highest BCUT2D eigenvalue weighted by Crippen LogP contribution is 2.18. The lowest BCUT2D eigenvalue weighted by Gasteiger charge is -2.13. The third kappa shape index (κ3) is 3.62. The van der Waals surface area contributed by atoms with Crippen LogP contribution < -0.4 is 10.2 Å². The molecule has 0 aromatic carbocycles. The van der Waals surface area contributed by atoms with E-state index in [2.05, 4.69) is 25.4 Å². The van der Waals surface area contributed by atoms with Crippen LogP contribution in [0.15, 0.2) is 23.5 Å². The first-order valence-corrected chi connectivity index (χ1v) is 9.31. The predicted molar refractivity (Wildman–Crippen MR) is 103 cm³/mol. The van der Waals surface area contributed by atoms with Gasteiger partial charge in [0.1, 0.15) is 5.82 Å². The third-order valence-corrected chi connectivity index (χ3v) is 4.58. The van der Waals surface area contributed by atoms with Gasteiger partial charge in [0.25, 0.3) is 5.78 Å². The van der Waals surface area contributed by atoms with Gasteiger partial charge in [0.2, 0.25) is 11.1 Å². The minimum atomic E-state index is -0.123. The second-order valence-electron chi connectivity index (χ2n) is 6.10. The van der Waals surface area contributed by atoms with E-state index in [0.717, 1.165) is 22.8 Å². The molecule has 0 spiro atoms. The number of fused-ring (bicyclic) bond motifs is 1. The largest absolute Gasteiger partial charge is 0.363 e. The number of amides is 1. The Hall–Kier alpha value is -2.68. The molecule has 0 saturated heterocycles. The molecule has 0 aliphatic heterocycles. The normalized spacial score (nSPS) is 11.0. The summed E-state index contributed by atoms with van der Waals surface area (Å²) in [6, 6.07) is 3.70. The molecule has 9 heteroatoms. The highest BCUT2D eigenvalue weighted by Gasteiger charge is 2.16. The van der Waals surface area contributed by atoms with E-state index in [9.17, 15) is 4.79 Å². The first kappa shape index (κ1) is 18.1. The molecule has 0 radical (unpaired) electrons. The summed E-state index contributed by atoms with van der Waals surface area (Å²) in [6.07, 6.45) is 3.78. The number of carbonyl (C=O) groups excluding carboxylic acids is 1. The van der Waals surface area contributed by atoms with Gasteiger partial charge in [0.15, 0.2) is 0 Å². The van der Waals surface area contributed by atoms with Gasteiger partial charge in [-0.15, -0.1) is 5.10 Å². The number of aryl methyl sites for hydroxylation is 2. The number of hydrogen-bond acceptors (Lipinski definition) is 7. The average Bonchev–Trinajstić information content (AvgIpc) is 3.02. The quantitative estimate of drug-likeness (QED) is 0.687. The molecular formula is C17H21N7OS. The topological polar surface area (TPSA) is 88.3 Å². The van der Waals surface area contributed by atoms with Crippen LogP contribution in [-0.2, 0) is 11.2 Å². The predicted octanol–water partition coefficient (Wildman–Crippen LogP) is 2.11. The zero-order valence-corrected chi connectivity index (χ0v) is 16.3. The number of nitrogens with zero attached hydrogens (tertiary/aromatic N) is 6. The van der Waals surface area contributed by atoms with Crippen molar-refractivity contribution in [1.82, 2.24) is 24.6 Å². The van der Waals surface area contributed by atoms with Crippen molar-refractivity contribution < 1.29 is 4.79 Å². The van der Waals surface area contributed by atoms with Gasteiger partial charge < -0.3 is 10.2 Å². The Morgan fingerprint density at radius 3 is 2.65 bits per heavy atom. The number of rotatable bonds is 5. The van der Waals surface area contributed by atoms with Gasteiger partial charge in [0.05, 0.1) is 18.3 Å². The lowest BCUT2D eigenvalue weighted by atomic mass is 10.1. The van der Waals surface area contributed by atoms with Crippen LogP contribution in [0.3, 0.4) is 0 Å². The minimum absolute atomic E-state index is 0.123. The smallest absolute Gasteiger partial charge is 0.253 e. The van der Waals surface area contributed by atoms with Crippen molar-refractivity contribution in [2.45, 2.75) is 25.4 Å². The van der Waals surface area contributed by atoms with Crippen LogP contribution in [-0.4, -0.2) is 50.8 Å². The Bertz CT molecular complexity index is 950. The SMILES string of the molecule is CSc1nc2nc(C)c(CC(=O)Nc3ccc(N(C)C)nc3)c(C)n2n1. The Balaban J connectivity index is 1.80. The van der Waals surface area contributed by atoms with Crippen molar-refractivity contribution in [3.63, 3.8) is 0 Å². The number of aromatic nitrogens is 5. The van der Waals surface area contributed by atoms with Gasteiger partial charge in [-0.1, -0.05) is 11.8 Å². The molecule has 3 rings (SSSR count). The maximum absolute atomic E-state index is 12.5. The maximum atomic E-state index is 12.5. The zero-order chi connectivity index (χ0) is 18.8. The van der Waals surface area contributed by atoms with E-state index in [0.29, 0.717) is 16.6 Å². The zero-order valence-electron chi connectivity index (χ0n) is 15.4. The lowest BCUT2D eigenvalue weighted by molar-refractivity contribution is -0.115. The lowest BCUT2D eigenvalue weighted by Crippen LogP contribution is -2.18. The van der Waals surface area contributed by atoms with Crippen molar-refractivity contribution >= 4 is 35.0 Å². The fourth-order valence-electron chi connectivity index (χ4n) is 2.62. The molecule has 0 unspecified atom stereocenters. The number of anilines is 2. The average molecular weight is 371 g/mol. The summed E-state index contributed by atoms with van der Waals surface area (Å²) in [5.41, 5.74) is 3.17. The summed E-state index contributed by atoms with van der Waals surface area (Å²) in [5, 5.41) is 7.95. The van der Waals surface area contributed by atoms with Crippen LogP contribution in [0.4, 0.5) is 11.5 Å². The molecule has 0 bridgehead atoms. The minimum Gasteiger partial charge on any atom is -0.363 e. The van der Waals surface area contributed by atoms with Gasteiger partial charge in [-0.3, -0.25) is 4.79 Å². The van der Waals surface area contributed by atoms with Crippen LogP contribution in [0.1, 0.15) is 17.0 Å². The van der Waals surface area contributed by atoms with E-state index in [1.165, 1.54) is 11.8 Å². The molecule has 3 heterocycles. The summed E-state index contributed by atoms with van der Waals surface area (Å²) in [6.45, 7) is 3.81. The van der Waals surface area contributed by atoms with Crippen LogP contribution >= 0.6 is 11.8 Å². The molecule has 0 aliphatic rings. The molecule has 0 fully saturated rings. The Morgan fingerprint density at radius 1 is 1.27 bits per heavy atom. The second kappa shape index (κ2) is 7.28. The molecule has 1 N–H and O–H groups in total. The summed E-state index contributed by atoms with van der Waals surface area (Å²) < 4.78 is 1.69. The first-order chi connectivity index (χ1) is 12.4. The highest BCUT2D eigenvalue weighted by molar-refractivity contribution is 7.98. The van der Waals surface area contributed by atoms with Crippen molar-refractivity contribution in [3.05, 3.63) is 35.3 Å². The molecule has 136 valence electrons. The molecule has 3 aromatic rings. The Morgan fingerprint density at radius 2 is 2.04 bits per heavy atom. The van der Waals surface area contributed by atoms with Gasteiger partial charge >= 0.3 is 0 Å². The highest BCUT2D eigenvalue weighted by atomic mass is 32.2. The molecule has 0 aliphatic carbocycles. The fraction of sp³-hybridized carbons (Fsp3) is 0.353. The van der Waals surface area contributed by atoms with Crippen molar-refractivity contribution in [2.24, 2.45) is 0 Å². The molecule has 0 saturated carbocycles. The van der Waals surface area contributed by atoms with Gasteiger partial charge in [-0.2, -0.15) is 4.98 Å². The van der Waals surface area contributed by atoms with Crippen LogP contribution in [0.25, 0.3) is 5.78 Å². The monoisotopic (exact) mass is 371 g/mol. The number of carbonyl (C=O) groups is 1. The van der Waals surface area contributed by atoms with E-state index in [1.54, 1.807) is 10.7 Å². The Kier molecular flexibility index (Phi) is 5.08. The van der Waals surface area contributed by atoms with Crippen molar-refractivity contribution in [2.75, 3.05) is 30.6 Å². The van der Waals surface area contributed by atoms with E-state index in [4.69, 9.17) is 0 Å².